The van der Waals surface area contributed by atoms with E-state index < -0.39 is 18.1 Å². The Morgan fingerprint density at radius 2 is 1.78 bits per heavy atom. The maximum absolute atomic E-state index is 12.5. The smallest absolute Gasteiger partial charge is 0.480 e. The molecule has 0 spiro atoms. The van der Waals surface area contributed by atoms with Crippen LogP contribution in [0.4, 0.5) is 13.2 Å². The minimum Gasteiger partial charge on any atom is -0.480 e. The van der Waals surface area contributed by atoms with Crippen LogP contribution in [0, 0.1) is 6.92 Å². The van der Waals surface area contributed by atoms with Gasteiger partial charge in [-0.3, -0.25) is 9.59 Å². The molecule has 0 unspecified atom stereocenters. The predicted octanol–water partition coefficient (Wildman–Crippen LogP) is 1.73. The van der Waals surface area contributed by atoms with Gasteiger partial charge >= 0.3 is 18.1 Å². The molecule has 150 valence electrons. The summed E-state index contributed by atoms with van der Waals surface area (Å²) in [6.07, 6.45) is -3.77. The summed E-state index contributed by atoms with van der Waals surface area (Å²) in [5.41, 5.74) is 1.02. The highest BCUT2D eigenvalue weighted by atomic mass is 19.4. The van der Waals surface area contributed by atoms with Gasteiger partial charge in [-0.1, -0.05) is 6.07 Å². The molecule has 1 saturated heterocycles. The number of aliphatic carboxylic acids is 2. The van der Waals surface area contributed by atoms with Crippen LogP contribution in [0.25, 0.3) is 0 Å². The van der Waals surface area contributed by atoms with Crippen molar-refractivity contribution in [3.8, 4) is 0 Å². The van der Waals surface area contributed by atoms with Crippen LogP contribution in [0.5, 0.6) is 0 Å². The fraction of sp³-hybridized carbons (Fsp3) is 0.500. The van der Waals surface area contributed by atoms with Crippen LogP contribution in [0.3, 0.4) is 0 Å². The van der Waals surface area contributed by atoms with Crippen molar-refractivity contribution in [2.75, 3.05) is 19.8 Å². The Morgan fingerprint density at radius 1 is 1.22 bits per heavy atom. The van der Waals surface area contributed by atoms with Gasteiger partial charge in [-0.05, 0) is 31.9 Å². The van der Waals surface area contributed by atoms with Gasteiger partial charge in [0.05, 0.1) is 0 Å². The number of carbonyl (C=O) groups excluding carboxylic acids is 1. The average Bonchev–Trinajstić information content (AvgIpc) is 2.59. The van der Waals surface area contributed by atoms with Gasteiger partial charge in [0.1, 0.15) is 12.2 Å². The zero-order valence-corrected chi connectivity index (χ0v) is 14.4. The van der Waals surface area contributed by atoms with Gasteiger partial charge in [0, 0.05) is 24.9 Å². The monoisotopic (exact) mass is 392 g/mol. The number of pyridine rings is 1. The van der Waals surface area contributed by atoms with Crippen molar-refractivity contribution in [3.63, 3.8) is 0 Å². The van der Waals surface area contributed by atoms with Crippen molar-refractivity contribution in [1.82, 2.24) is 9.88 Å². The third-order valence-electron chi connectivity index (χ3n) is 3.55. The Hall–Kier alpha value is -2.69. The molecule has 1 aromatic heterocycles. The number of rotatable bonds is 4. The second-order valence-corrected chi connectivity index (χ2v) is 5.64. The molecule has 0 aliphatic carbocycles. The van der Waals surface area contributed by atoms with E-state index in [0.717, 1.165) is 5.69 Å². The van der Waals surface area contributed by atoms with Gasteiger partial charge in [0.25, 0.3) is 5.91 Å². The van der Waals surface area contributed by atoms with E-state index in [-0.39, 0.29) is 24.2 Å². The fourth-order valence-electron chi connectivity index (χ4n) is 2.32. The number of aryl methyl sites for hydroxylation is 1. The van der Waals surface area contributed by atoms with Crippen molar-refractivity contribution in [3.05, 3.63) is 29.6 Å². The third kappa shape index (κ3) is 7.60. The molecule has 2 N–H and O–H groups in total. The van der Waals surface area contributed by atoms with Crippen LogP contribution in [0.15, 0.2) is 18.2 Å². The summed E-state index contributed by atoms with van der Waals surface area (Å²) in [6.45, 7) is 2.59. The summed E-state index contributed by atoms with van der Waals surface area (Å²) in [5, 5.41) is 16.1. The van der Waals surface area contributed by atoms with Gasteiger partial charge in [-0.15, -0.1) is 0 Å². The lowest BCUT2D eigenvalue weighted by Crippen LogP contribution is -2.46. The van der Waals surface area contributed by atoms with E-state index in [1.54, 1.807) is 25.1 Å². The van der Waals surface area contributed by atoms with Crippen LogP contribution < -0.4 is 0 Å². The number of carbonyl (C=O) groups is 3. The van der Waals surface area contributed by atoms with Crippen molar-refractivity contribution in [2.45, 2.75) is 32.0 Å². The first kappa shape index (κ1) is 22.4. The lowest BCUT2D eigenvalue weighted by atomic mass is 10.1. The number of carboxylic acids is 2. The number of ether oxygens (including phenoxy) is 1. The van der Waals surface area contributed by atoms with E-state index in [4.69, 9.17) is 19.7 Å². The van der Waals surface area contributed by atoms with Crippen molar-refractivity contribution < 1.29 is 42.5 Å². The van der Waals surface area contributed by atoms with Crippen LogP contribution in [0.1, 0.15) is 29.0 Å². The minimum absolute atomic E-state index is 0.102. The summed E-state index contributed by atoms with van der Waals surface area (Å²) in [6, 6.07) is 5.06. The van der Waals surface area contributed by atoms with Gasteiger partial charge < -0.3 is 19.8 Å². The molecule has 11 heteroatoms. The van der Waals surface area contributed by atoms with Gasteiger partial charge in [-0.25, -0.2) is 9.78 Å². The van der Waals surface area contributed by atoms with Crippen molar-refractivity contribution in [1.29, 1.82) is 0 Å². The molecule has 1 aliphatic rings. The molecule has 0 aromatic carbocycles. The maximum atomic E-state index is 12.5. The molecule has 2 rings (SSSR count). The summed E-state index contributed by atoms with van der Waals surface area (Å²) in [5.74, 6) is -4.10. The number of nitrogens with zero attached hydrogens (tertiary/aromatic N) is 2. The highest BCUT2D eigenvalue weighted by Gasteiger charge is 2.38. The van der Waals surface area contributed by atoms with E-state index in [0.29, 0.717) is 26.1 Å². The molecule has 2 heterocycles. The Balaban J connectivity index is 0.000000445. The fourth-order valence-corrected chi connectivity index (χ4v) is 2.32. The molecule has 8 nitrogen and oxygen atoms in total. The zero-order valence-electron chi connectivity index (χ0n) is 14.4. The quantitative estimate of drug-likeness (QED) is 0.801. The molecule has 1 aromatic rings. The first-order chi connectivity index (χ1) is 12.5. The minimum atomic E-state index is -5.08. The van der Waals surface area contributed by atoms with Crippen LogP contribution in [-0.2, 0) is 14.3 Å². The largest absolute Gasteiger partial charge is 0.490 e. The summed E-state index contributed by atoms with van der Waals surface area (Å²) in [7, 11) is 0. The molecule has 0 atom stereocenters. The Morgan fingerprint density at radius 3 is 2.22 bits per heavy atom. The molecule has 0 bridgehead atoms. The van der Waals surface area contributed by atoms with E-state index in [9.17, 15) is 22.8 Å². The summed E-state index contributed by atoms with van der Waals surface area (Å²) >= 11 is 0. The second-order valence-electron chi connectivity index (χ2n) is 5.64. The number of aromatic nitrogens is 1. The number of carboxylic acid groups (broad SMARTS) is 2. The number of hydrogen-bond acceptors (Lipinski definition) is 5. The number of alkyl halides is 3. The average molecular weight is 392 g/mol. The van der Waals surface area contributed by atoms with Gasteiger partial charge in [0.2, 0.25) is 0 Å². The molecule has 0 saturated carbocycles. The zero-order chi connectivity index (χ0) is 20.6. The maximum Gasteiger partial charge on any atom is 0.490 e. The third-order valence-corrected chi connectivity index (χ3v) is 3.55. The van der Waals surface area contributed by atoms with Crippen LogP contribution >= 0.6 is 0 Å². The highest BCUT2D eigenvalue weighted by molar-refractivity contribution is 5.94. The Labute approximate surface area is 152 Å². The first-order valence-corrected chi connectivity index (χ1v) is 7.86. The normalized spacial score (nSPS) is 14.7. The summed E-state index contributed by atoms with van der Waals surface area (Å²) < 4.78 is 37.0. The Kier molecular flexibility index (Phi) is 8.16. The first-order valence-electron chi connectivity index (χ1n) is 7.86. The molecule has 27 heavy (non-hydrogen) atoms. The number of halogens is 3. The highest BCUT2D eigenvalue weighted by Crippen LogP contribution is 2.17. The molecule has 0 radical (unpaired) electrons. The molecular weight excluding hydrogens is 373 g/mol. The number of hydrogen-bond donors (Lipinski definition) is 2. The second kappa shape index (κ2) is 9.86. The SMILES string of the molecule is Cc1cccc(C(=O)N(CC(=O)O)C2CCOCC2)n1.O=C(O)C(F)(F)F. The lowest BCUT2D eigenvalue weighted by Gasteiger charge is -2.33. The summed E-state index contributed by atoms with van der Waals surface area (Å²) in [4.78, 5) is 38.0. The standard InChI is InChI=1S/C14H18N2O4.C2HF3O2/c1-10-3-2-4-12(15-10)14(19)16(9-13(17)18)11-5-7-20-8-6-11;3-2(4,5)1(6)7/h2-4,11H,5-9H2,1H3,(H,17,18);(H,6,7). The van der Waals surface area contributed by atoms with Crippen LogP contribution in [0.2, 0.25) is 0 Å². The molecule has 1 aliphatic heterocycles. The number of amides is 1. The molecule has 1 amide bonds. The van der Waals surface area contributed by atoms with E-state index in [1.807, 2.05) is 0 Å². The molecule has 1 fully saturated rings. The van der Waals surface area contributed by atoms with E-state index in [1.165, 1.54) is 4.90 Å². The van der Waals surface area contributed by atoms with Gasteiger partial charge in [-0.2, -0.15) is 13.2 Å². The van der Waals surface area contributed by atoms with Gasteiger partial charge in [0.15, 0.2) is 0 Å². The van der Waals surface area contributed by atoms with Crippen molar-refractivity contribution >= 4 is 17.8 Å². The van der Waals surface area contributed by atoms with E-state index in [2.05, 4.69) is 4.98 Å². The van der Waals surface area contributed by atoms with Crippen molar-refractivity contribution in [2.24, 2.45) is 0 Å². The Bertz CT molecular complexity index is 674. The van der Waals surface area contributed by atoms with E-state index >= 15 is 0 Å². The lowest BCUT2D eigenvalue weighted by molar-refractivity contribution is -0.192. The molecular formula is C16H19F3N2O6. The topological polar surface area (TPSA) is 117 Å². The van der Waals surface area contributed by atoms with Crippen LogP contribution in [-0.4, -0.2) is 69.9 Å². The predicted molar refractivity (Wildman–Crippen MR) is 85.2 cm³/mol.